The molecule has 1 atom stereocenters. The Bertz CT molecular complexity index is 990. The molecule has 0 aromatic heterocycles. The van der Waals surface area contributed by atoms with Crippen molar-refractivity contribution in [1.29, 1.82) is 0 Å². The molecule has 26 heavy (non-hydrogen) atoms. The lowest BCUT2D eigenvalue weighted by Gasteiger charge is -2.36. The Morgan fingerprint density at radius 1 is 1.00 bits per heavy atom. The summed E-state index contributed by atoms with van der Waals surface area (Å²) in [6.45, 7) is 2.26. The summed E-state index contributed by atoms with van der Waals surface area (Å²) >= 11 is 0. The quantitative estimate of drug-likeness (QED) is 0.584. The summed E-state index contributed by atoms with van der Waals surface area (Å²) in [4.78, 5) is 0. The third-order valence-electron chi connectivity index (χ3n) is 5.57. The van der Waals surface area contributed by atoms with Gasteiger partial charge in [-0.1, -0.05) is 78.7 Å². The zero-order valence-corrected chi connectivity index (χ0v) is 15.1. The minimum atomic E-state index is -0.247. The molecular weight excluding hydrogens is 312 g/mol. The van der Waals surface area contributed by atoms with Gasteiger partial charge in [0.05, 0.1) is 5.41 Å². The highest BCUT2D eigenvalue weighted by Crippen LogP contribution is 2.55. The van der Waals surface area contributed by atoms with Gasteiger partial charge in [-0.05, 0) is 65.3 Å². The van der Waals surface area contributed by atoms with Crippen LogP contribution in [0.3, 0.4) is 0 Å². The van der Waals surface area contributed by atoms with Gasteiger partial charge in [0.2, 0.25) is 0 Å². The Morgan fingerprint density at radius 2 is 1.77 bits per heavy atom. The molecule has 0 radical (unpaired) electrons. The van der Waals surface area contributed by atoms with Crippen LogP contribution in [0, 0.1) is 12.3 Å². The summed E-state index contributed by atoms with van der Waals surface area (Å²) in [5, 5.41) is 0. The van der Waals surface area contributed by atoms with Crippen LogP contribution in [0.25, 0.3) is 5.57 Å². The summed E-state index contributed by atoms with van der Waals surface area (Å²) in [7, 11) is 0. The lowest BCUT2D eigenvalue weighted by Crippen LogP contribution is -2.29. The highest BCUT2D eigenvalue weighted by molar-refractivity contribution is 5.90. The fraction of sp³-hybridized carbons (Fsp3) is 0.154. The fourth-order valence-electron chi connectivity index (χ4n) is 4.49. The monoisotopic (exact) mass is 334 g/mol. The van der Waals surface area contributed by atoms with Crippen LogP contribution < -0.4 is 0 Å². The van der Waals surface area contributed by atoms with Crippen LogP contribution in [0.15, 0.2) is 96.1 Å². The van der Waals surface area contributed by atoms with Crippen molar-refractivity contribution in [2.75, 3.05) is 0 Å². The van der Waals surface area contributed by atoms with Gasteiger partial charge in [0.1, 0.15) is 0 Å². The lowest BCUT2D eigenvalue weighted by atomic mass is 9.66. The van der Waals surface area contributed by atoms with Crippen LogP contribution in [0.1, 0.15) is 36.5 Å². The number of rotatable bonds is 3. The van der Waals surface area contributed by atoms with Crippen molar-refractivity contribution in [2.24, 2.45) is 0 Å². The van der Waals surface area contributed by atoms with Gasteiger partial charge in [-0.3, -0.25) is 0 Å². The topological polar surface area (TPSA) is 0 Å². The number of fused-ring (bicyclic) bond motifs is 1. The molecule has 0 heterocycles. The molecule has 2 aliphatic carbocycles. The van der Waals surface area contributed by atoms with Crippen LogP contribution in [-0.4, -0.2) is 0 Å². The van der Waals surface area contributed by atoms with E-state index in [0.29, 0.717) is 0 Å². The number of hydrogen-bond donors (Lipinski definition) is 0. The first-order valence-corrected chi connectivity index (χ1v) is 9.16. The smallest absolute Gasteiger partial charge is 0.0670 e. The van der Waals surface area contributed by atoms with Crippen molar-refractivity contribution in [3.05, 3.63) is 113 Å². The largest absolute Gasteiger partial charge is 0.115 e. The SMILES string of the molecule is C#C/C=C\C1=C(C)C(C2=CCCC=C2)(c2ccccc2)c2ccccc21. The average molecular weight is 334 g/mol. The zero-order valence-electron chi connectivity index (χ0n) is 15.1. The molecule has 0 spiro atoms. The van der Waals surface area contributed by atoms with Crippen LogP contribution >= 0.6 is 0 Å². The van der Waals surface area contributed by atoms with E-state index in [1.807, 2.05) is 6.08 Å². The van der Waals surface area contributed by atoms with Crippen LogP contribution in [0.4, 0.5) is 0 Å². The maximum atomic E-state index is 5.51. The predicted octanol–water partition coefficient (Wildman–Crippen LogP) is 6.23. The van der Waals surface area contributed by atoms with Crippen molar-refractivity contribution in [3.8, 4) is 12.3 Å². The summed E-state index contributed by atoms with van der Waals surface area (Å²) in [6, 6.07) is 19.6. The molecule has 0 fully saturated rings. The summed E-state index contributed by atoms with van der Waals surface area (Å²) in [5.41, 5.74) is 7.63. The summed E-state index contributed by atoms with van der Waals surface area (Å²) in [5.74, 6) is 2.65. The van der Waals surface area contributed by atoms with Gasteiger partial charge in [0.15, 0.2) is 0 Å². The zero-order chi connectivity index (χ0) is 18.0. The highest BCUT2D eigenvalue weighted by Gasteiger charge is 2.45. The average Bonchev–Trinajstić information content (AvgIpc) is 2.96. The normalized spacial score (nSPS) is 21.6. The summed E-state index contributed by atoms with van der Waals surface area (Å²) in [6.07, 6.45) is 18.6. The van der Waals surface area contributed by atoms with Crippen LogP contribution in [0.2, 0.25) is 0 Å². The number of terminal acetylenes is 1. The highest BCUT2D eigenvalue weighted by atomic mass is 14.5. The molecule has 2 aromatic rings. The second-order valence-electron chi connectivity index (χ2n) is 6.84. The second-order valence-corrected chi connectivity index (χ2v) is 6.84. The van der Waals surface area contributed by atoms with E-state index in [-0.39, 0.29) is 5.41 Å². The molecular formula is C26H22. The van der Waals surface area contributed by atoms with E-state index < -0.39 is 0 Å². The van der Waals surface area contributed by atoms with Crippen molar-refractivity contribution in [1.82, 2.24) is 0 Å². The van der Waals surface area contributed by atoms with E-state index in [2.05, 4.69) is 91.7 Å². The number of hydrogen-bond acceptors (Lipinski definition) is 0. The third kappa shape index (κ3) is 2.32. The molecule has 126 valence electrons. The van der Waals surface area contributed by atoms with Gasteiger partial charge < -0.3 is 0 Å². The molecule has 4 rings (SSSR count). The Morgan fingerprint density at radius 3 is 2.50 bits per heavy atom. The minimum absolute atomic E-state index is 0.247. The first-order chi connectivity index (χ1) is 12.8. The van der Waals surface area contributed by atoms with Gasteiger partial charge >= 0.3 is 0 Å². The molecule has 0 saturated carbocycles. The van der Waals surface area contributed by atoms with Crippen LogP contribution in [-0.2, 0) is 5.41 Å². The Kier molecular flexibility index (Phi) is 4.23. The van der Waals surface area contributed by atoms with Gasteiger partial charge in [0.25, 0.3) is 0 Å². The van der Waals surface area contributed by atoms with Crippen molar-refractivity contribution >= 4 is 5.57 Å². The van der Waals surface area contributed by atoms with Crippen molar-refractivity contribution in [2.45, 2.75) is 25.2 Å². The van der Waals surface area contributed by atoms with E-state index in [0.717, 1.165) is 12.8 Å². The Labute approximate surface area is 156 Å². The first kappa shape index (κ1) is 16.4. The van der Waals surface area contributed by atoms with E-state index in [1.54, 1.807) is 0 Å². The number of benzene rings is 2. The van der Waals surface area contributed by atoms with E-state index in [1.165, 1.54) is 33.4 Å². The number of allylic oxidation sites excluding steroid dienone is 8. The third-order valence-corrected chi connectivity index (χ3v) is 5.57. The molecule has 0 nitrogen and oxygen atoms in total. The predicted molar refractivity (Wildman–Crippen MR) is 111 cm³/mol. The van der Waals surface area contributed by atoms with Gasteiger partial charge in [-0.15, -0.1) is 6.42 Å². The van der Waals surface area contributed by atoms with Gasteiger partial charge in [-0.2, -0.15) is 0 Å². The molecule has 2 aromatic carbocycles. The molecule has 2 aliphatic rings. The minimum Gasteiger partial charge on any atom is -0.115 e. The van der Waals surface area contributed by atoms with Crippen molar-refractivity contribution in [3.63, 3.8) is 0 Å². The summed E-state index contributed by atoms with van der Waals surface area (Å²) < 4.78 is 0. The maximum Gasteiger partial charge on any atom is 0.0670 e. The van der Waals surface area contributed by atoms with E-state index in [9.17, 15) is 0 Å². The molecule has 0 heteroatoms. The van der Waals surface area contributed by atoms with E-state index >= 15 is 0 Å². The molecule has 0 aliphatic heterocycles. The van der Waals surface area contributed by atoms with Gasteiger partial charge in [0, 0.05) is 0 Å². The lowest BCUT2D eigenvalue weighted by molar-refractivity contribution is 0.728. The first-order valence-electron chi connectivity index (χ1n) is 9.16. The van der Waals surface area contributed by atoms with Crippen molar-refractivity contribution < 1.29 is 0 Å². The molecule has 0 amide bonds. The van der Waals surface area contributed by atoms with E-state index in [4.69, 9.17) is 6.42 Å². The molecule has 0 N–H and O–H groups in total. The molecule has 0 bridgehead atoms. The second kappa shape index (κ2) is 6.70. The standard InChI is InChI=1S/C26H22/c1-3-4-17-23-20(2)26(21-13-7-5-8-14-21,22-15-9-6-10-16-22)25-19-12-11-18-24(23)25/h1,4-5,7-9,11-19H,6,10H2,2H3/b17-4-. The van der Waals surface area contributed by atoms with Gasteiger partial charge in [-0.25, -0.2) is 0 Å². The maximum absolute atomic E-state index is 5.51. The molecule has 0 saturated heterocycles. The molecule has 1 unspecified atom stereocenters. The Balaban J connectivity index is 2.10. The fourth-order valence-corrected chi connectivity index (χ4v) is 4.49. The van der Waals surface area contributed by atoms with Crippen LogP contribution in [0.5, 0.6) is 0 Å². The Hall–Kier alpha value is -3.04.